The molecule has 1 saturated heterocycles. The number of rotatable bonds is 5. The van der Waals surface area contributed by atoms with E-state index in [2.05, 4.69) is 27.2 Å². The van der Waals surface area contributed by atoms with E-state index in [1.54, 1.807) is 0 Å². The second-order valence-corrected chi connectivity index (χ2v) is 5.79. The predicted octanol–water partition coefficient (Wildman–Crippen LogP) is 3.58. The number of hydrogen-bond acceptors (Lipinski definition) is 3. The maximum atomic E-state index is 12.1. The third-order valence-electron chi connectivity index (χ3n) is 3.81. The molecule has 2 rings (SSSR count). The van der Waals surface area contributed by atoms with Crippen LogP contribution < -0.4 is 15.4 Å². The Morgan fingerprint density at radius 1 is 1.25 bits per heavy atom. The average Bonchev–Trinajstić information content (AvgIpc) is 2.50. The highest BCUT2D eigenvalue weighted by molar-refractivity contribution is 5.89. The molecule has 8 heteroatoms. The number of carbonyl (C=O) groups is 1. The summed E-state index contributed by atoms with van der Waals surface area (Å²) in [6.45, 7) is 5.14. The number of likely N-dealkylation sites (tertiary alicyclic amines) is 1. The Hall–Kier alpha value is -1.96. The molecule has 0 bridgehead atoms. The van der Waals surface area contributed by atoms with Gasteiger partial charge in [-0.05, 0) is 50.1 Å². The molecule has 1 aliphatic rings. The lowest BCUT2D eigenvalue weighted by Gasteiger charge is -2.32. The van der Waals surface area contributed by atoms with Crippen LogP contribution in [0.2, 0.25) is 0 Å². The first-order valence-electron chi connectivity index (χ1n) is 8.01. The van der Waals surface area contributed by atoms with Gasteiger partial charge < -0.3 is 20.3 Å². The predicted molar refractivity (Wildman–Crippen MR) is 85.0 cm³/mol. The lowest BCUT2D eigenvalue weighted by Crippen LogP contribution is -2.46. The Morgan fingerprint density at radius 2 is 1.88 bits per heavy atom. The first-order chi connectivity index (χ1) is 11.4. The molecule has 1 heterocycles. The summed E-state index contributed by atoms with van der Waals surface area (Å²) in [6, 6.07) is 4.81. The minimum atomic E-state index is -4.72. The summed E-state index contributed by atoms with van der Waals surface area (Å²) in [5.41, 5.74) is 0.408. The molecule has 24 heavy (non-hydrogen) atoms. The van der Waals surface area contributed by atoms with Crippen molar-refractivity contribution in [2.75, 3.05) is 25.0 Å². The Balaban J connectivity index is 1.76. The van der Waals surface area contributed by atoms with E-state index in [0.29, 0.717) is 5.69 Å². The van der Waals surface area contributed by atoms with Crippen molar-refractivity contribution >= 4 is 11.7 Å². The number of alkyl halides is 3. The van der Waals surface area contributed by atoms with Crippen LogP contribution in [-0.4, -0.2) is 43.0 Å². The SMILES string of the molecule is CCCN1CCC(NC(=O)Nc2ccc(OC(F)(F)F)cc2)CC1. The van der Waals surface area contributed by atoms with Gasteiger partial charge in [0.25, 0.3) is 0 Å². The fraction of sp³-hybridized carbons (Fsp3) is 0.562. The third kappa shape index (κ3) is 6.27. The number of urea groups is 1. The number of anilines is 1. The number of hydrogen-bond donors (Lipinski definition) is 2. The Kier molecular flexibility index (Phi) is 6.30. The summed E-state index contributed by atoms with van der Waals surface area (Å²) in [5, 5.41) is 5.51. The number of nitrogens with zero attached hydrogens (tertiary/aromatic N) is 1. The number of nitrogens with one attached hydrogen (secondary N) is 2. The van der Waals surface area contributed by atoms with Gasteiger partial charge in [-0.15, -0.1) is 13.2 Å². The van der Waals surface area contributed by atoms with Crippen LogP contribution in [0.4, 0.5) is 23.7 Å². The van der Waals surface area contributed by atoms with Crippen molar-refractivity contribution in [3.05, 3.63) is 24.3 Å². The van der Waals surface area contributed by atoms with Gasteiger partial charge in [0.05, 0.1) is 0 Å². The summed E-state index contributed by atoms with van der Waals surface area (Å²) >= 11 is 0. The quantitative estimate of drug-likeness (QED) is 0.858. The summed E-state index contributed by atoms with van der Waals surface area (Å²) in [6.07, 6.45) is -1.82. The van der Waals surface area contributed by atoms with Crippen molar-refractivity contribution in [1.29, 1.82) is 0 Å². The zero-order valence-electron chi connectivity index (χ0n) is 13.5. The van der Waals surface area contributed by atoms with Crippen molar-refractivity contribution in [2.45, 2.75) is 38.6 Å². The van der Waals surface area contributed by atoms with E-state index < -0.39 is 6.36 Å². The number of amides is 2. The van der Waals surface area contributed by atoms with Gasteiger partial charge in [-0.1, -0.05) is 6.92 Å². The van der Waals surface area contributed by atoms with E-state index >= 15 is 0 Å². The topological polar surface area (TPSA) is 53.6 Å². The van der Waals surface area contributed by atoms with Crippen molar-refractivity contribution < 1.29 is 22.7 Å². The first-order valence-corrected chi connectivity index (χ1v) is 8.01. The second-order valence-electron chi connectivity index (χ2n) is 5.79. The molecule has 2 N–H and O–H groups in total. The van der Waals surface area contributed by atoms with Gasteiger partial charge in [-0.2, -0.15) is 0 Å². The van der Waals surface area contributed by atoms with Crippen LogP contribution in [0.5, 0.6) is 5.75 Å². The molecule has 0 aliphatic carbocycles. The highest BCUT2D eigenvalue weighted by atomic mass is 19.4. The molecule has 2 amide bonds. The van der Waals surface area contributed by atoms with E-state index in [9.17, 15) is 18.0 Å². The third-order valence-corrected chi connectivity index (χ3v) is 3.81. The van der Waals surface area contributed by atoms with Gasteiger partial charge in [-0.3, -0.25) is 0 Å². The average molecular weight is 345 g/mol. The molecule has 0 radical (unpaired) electrons. The largest absolute Gasteiger partial charge is 0.573 e. The Bertz CT molecular complexity index is 526. The van der Waals surface area contributed by atoms with Crippen LogP contribution in [0.25, 0.3) is 0 Å². The van der Waals surface area contributed by atoms with Gasteiger partial charge in [0.1, 0.15) is 5.75 Å². The highest BCUT2D eigenvalue weighted by Crippen LogP contribution is 2.24. The number of ether oxygens (including phenoxy) is 1. The monoisotopic (exact) mass is 345 g/mol. The minimum Gasteiger partial charge on any atom is -0.406 e. The van der Waals surface area contributed by atoms with Crippen LogP contribution in [-0.2, 0) is 0 Å². The summed E-state index contributed by atoms with van der Waals surface area (Å²) < 4.78 is 40.0. The molecule has 1 aromatic carbocycles. The molecular weight excluding hydrogens is 323 g/mol. The number of halogens is 3. The van der Waals surface area contributed by atoms with Crippen LogP contribution in [0.15, 0.2) is 24.3 Å². The molecule has 0 aromatic heterocycles. The van der Waals surface area contributed by atoms with Gasteiger partial charge in [0, 0.05) is 24.8 Å². The maximum absolute atomic E-state index is 12.1. The lowest BCUT2D eigenvalue weighted by molar-refractivity contribution is -0.274. The molecule has 134 valence electrons. The molecule has 0 spiro atoms. The van der Waals surface area contributed by atoms with E-state index in [0.717, 1.165) is 51.0 Å². The lowest BCUT2D eigenvalue weighted by atomic mass is 10.1. The standard InChI is InChI=1S/C16H22F3N3O2/c1-2-9-22-10-7-13(8-11-22)21-15(23)20-12-3-5-14(6-4-12)24-16(17,18)19/h3-6,13H,2,7-11H2,1H3,(H2,20,21,23). The first kappa shape index (κ1) is 18.4. The number of carbonyl (C=O) groups excluding carboxylic acids is 1. The van der Waals surface area contributed by atoms with E-state index in [1.807, 2.05) is 0 Å². The Morgan fingerprint density at radius 3 is 2.42 bits per heavy atom. The molecule has 0 atom stereocenters. The van der Waals surface area contributed by atoms with Crippen molar-refractivity contribution in [3.8, 4) is 5.75 Å². The molecule has 0 unspecified atom stereocenters. The fourth-order valence-electron chi connectivity index (χ4n) is 2.71. The van der Waals surface area contributed by atoms with Gasteiger partial charge in [0.2, 0.25) is 0 Å². The molecular formula is C16H22F3N3O2. The Labute approximate surface area is 139 Å². The summed E-state index contributed by atoms with van der Waals surface area (Å²) in [7, 11) is 0. The van der Waals surface area contributed by atoms with Crippen LogP contribution in [0.3, 0.4) is 0 Å². The van der Waals surface area contributed by atoms with Crippen LogP contribution in [0, 0.1) is 0 Å². The van der Waals surface area contributed by atoms with Gasteiger partial charge >= 0.3 is 12.4 Å². The van der Waals surface area contributed by atoms with Crippen molar-refractivity contribution in [3.63, 3.8) is 0 Å². The smallest absolute Gasteiger partial charge is 0.406 e. The van der Waals surface area contributed by atoms with E-state index in [-0.39, 0.29) is 17.8 Å². The van der Waals surface area contributed by atoms with E-state index in [4.69, 9.17) is 0 Å². The highest BCUT2D eigenvalue weighted by Gasteiger charge is 2.31. The normalized spacial score (nSPS) is 16.7. The van der Waals surface area contributed by atoms with E-state index in [1.165, 1.54) is 12.1 Å². The maximum Gasteiger partial charge on any atom is 0.573 e. The summed E-state index contributed by atoms with van der Waals surface area (Å²) in [5.74, 6) is -0.322. The molecule has 1 aromatic rings. The molecule has 0 saturated carbocycles. The number of benzene rings is 1. The van der Waals surface area contributed by atoms with Gasteiger partial charge in [-0.25, -0.2) is 4.79 Å². The number of piperidine rings is 1. The molecule has 5 nitrogen and oxygen atoms in total. The minimum absolute atomic E-state index is 0.117. The zero-order chi connectivity index (χ0) is 17.6. The zero-order valence-corrected chi connectivity index (χ0v) is 13.5. The fourth-order valence-corrected chi connectivity index (χ4v) is 2.71. The van der Waals surface area contributed by atoms with Crippen molar-refractivity contribution in [1.82, 2.24) is 10.2 Å². The van der Waals surface area contributed by atoms with Crippen molar-refractivity contribution in [2.24, 2.45) is 0 Å². The molecule has 1 fully saturated rings. The second kappa shape index (κ2) is 8.23. The summed E-state index contributed by atoms with van der Waals surface area (Å²) in [4.78, 5) is 14.3. The van der Waals surface area contributed by atoms with Crippen LogP contribution in [0.1, 0.15) is 26.2 Å². The molecule has 1 aliphatic heterocycles. The van der Waals surface area contributed by atoms with Gasteiger partial charge in [0.15, 0.2) is 0 Å². The van der Waals surface area contributed by atoms with Crippen LogP contribution >= 0.6 is 0 Å².